The van der Waals surface area contributed by atoms with Crippen LogP contribution in [-0.4, -0.2) is 40.8 Å². The lowest BCUT2D eigenvalue weighted by Gasteiger charge is -2.24. The third kappa shape index (κ3) is 5.61. The molecule has 1 rings (SSSR count). The Morgan fingerprint density at radius 2 is 2.00 bits per heavy atom. The molecule has 3 heteroatoms. The number of rotatable bonds is 6. The van der Waals surface area contributed by atoms with E-state index in [0.717, 1.165) is 12.3 Å². The second kappa shape index (κ2) is 7.49. The first-order valence-electron chi connectivity index (χ1n) is 6.21. The molecule has 0 aromatic heterocycles. The Morgan fingerprint density at radius 1 is 1.39 bits per heavy atom. The summed E-state index contributed by atoms with van der Waals surface area (Å²) in [5.74, 6) is 0.731. The summed E-state index contributed by atoms with van der Waals surface area (Å²) >= 11 is 0. The summed E-state index contributed by atoms with van der Waals surface area (Å²) in [5.41, 5.74) is 2.55. The van der Waals surface area contributed by atoms with E-state index in [4.69, 9.17) is 0 Å². The quantitative estimate of drug-likeness (QED) is 0.788. The Bertz CT molecular complexity index is 414. The van der Waals surface area contributed by atoms with Crippen LogP contribution in [0.5, 0.6) is 0 Å². The van der Waals surface area contributed by atoms with E-state index in [2.05, 4.69) is 44.0 Å². The van der Waals surface area contributed by atoms with Crippen molar-refractivity contribution in [2.24, 2.45) is 0 Å². The van der Waals surface area contributed by atoms with Crippen LogP contribution < -0.4 is 0 Å². The summed E-state index contributed by atoms with van der Waals surface area (Å²) in [6.45, 7) is 5.17. The van der Waals surface area contributed by atoms with Crippen molar-refractivity contribution in [2.45, 2.75) is 19.9 Å². The van der Waals surface area contributed by atoms with E-state index in [0.29, 0.717) is 6.04 Å². The number of likely N-dealkylation sites (N-methyl/N-ethyl adjacent to an activating group) is 1. The molecule has 0 heterocycles. The van der Waals surface area contributed by atoms with Crippen LogP contribution >= 0.6 is 0 Å². The smallest absolute Gasteiger partial charge is 0.0385 e. The first-order chi connectivity index (χ1) is 8.49. The van der Waals surface area contributed by atoms with Gasteiger partial charge in [-0.2, -0.15) is 0 Å². The van der Waals surface area contributed by atoms with Gasteiger partial charge in [-0.3, -0.25) is 9.11 Å². The van der Waals surface area contributed by atoms with Crippen molar-refractivity contribution in [3.05, 3.63) is 41.5 Å². The van der Waals surface area contributed by atoms with E-state index < -0.39 is 10.8 Å². The molecule has 0 spiro atoms. The normalized spacial score (nSPS) is 15.7. The summed E-state index contributed by atoms with van der Waals surface area (Å²) in [7, 11) is 1.35. The highest BCUT2D eigenvalue weighted by molar-refractivity contribution is 7.84. The molecule has 2 nitrogen and oxygen atoms in total. The minimum atomic E-state index is -0.730. The van der Waals surface area contributed by atoms with E-state index in [-0.39, 0.29) is 0 Å². The minimum Gasteiger partial charge on any atom is -0.299 e. The maximum Gasteiger partial charge on any atom is 0.0385 e. The molecular weight excluding hydrogens is 242 g/mol. The van der Waals surface area contributed by atoms with Gasteiger partial charge in [0.15, 0.2) is 0 Å². The Hall–Kier alpha value is -0.930. The molecule has 1 aromatic rings. The minimum absolute atomic E-state index is 0.343. The number of nitrogens with zero attached hydrogens (tertiary/aromatic N) is 1. The van der Waals surface area contributed by atoms with Crippen LogP contribution in [0.25, 0.3) is 6.08 Å². The second-order valence-electron chi connectivity index (χ2n) is 4.91. The second-order valence-corrected chi connectivity index (χ2v) is 6.39. The fourth-order valence-electron chi connectivity index (χ4n) is 1.90. The van der Waals surface area contributed by atoms with Crippen molar-refractivity contribution in [1.82, 2.24) is 4.90 Å². The van der Waals surface area contributed by atoms with E-state index >= 15 is 0 Å². The molecule has 1 aromatic carbocycles. The lowest BCUT2D eigenvalue weighted by atomic mass is 10.1. The highest BCUT2D eigenvalue weighted by atomic mass is 32.2. The first-order valence-corrected chi connectivity index (χ1v) is 7.94. The fraction of sp³-hybridized carbons (Fsp3) is 0.467. The summed E-state index contributed by atoms with van der Waals surface area (Å²) in [6.07, 6.45) is 3.96. The third-order valence-corrected chi connectivity index (χ3v) is 3.89. The van der Waals surface area contributed by atoms with Gasteiger partial charge in [0.2, 0.25) is 0 Å². The molecule has 2 atom stereocenters. The van der Waals surface area contributed by atoms with Gasteiger partial charge < -0.3 is 0 Å². The molecule has 0 unspecified atom stereocenters. The highest BCUT2D eigenvalue weighted by Crippen LogP contribution is 2.08. The summed E-state index contributed by atoms with van der Waals surface area (Å²) in [6, 6.07) is 10.7. The van der Waals surface area contributed by atoms with Crippen LogP contribution in [0.15, 0.2) is 35.9 Å². The average Bonchev–Trinajstić information content (AvgIpc) is 2.29. The molecule has 0 fully saturated rings. The van der Waals surface area contributed by atoms with Crippen molar-refractivity contribution in [1.29, 1.82) is 0 Å². The molecular formula is C15H23NOS. The van der Waals surface area contributed by atoms with Crippen LogP contribution in [0.4, 0.5) is 0 Å². The van der Waals surface area contributed by atoms with E-state index in [9.17, 15) is 4.21 Å². The number of benzene rings is 1. The zero-order valence-corrected chi connectivity index (χ0v) is 12.5. The molecule has 0 aliphatic carbocycles. The lowest BCUT2D eigenvalue weighted by Crippen LogP contribution is -2.34. The van der Waals surface area contributed by atoms with Crippen LogP contribution in [0.1, 0.15) is 19.4 Å². The monoisotopic (exact) mass is 265 g/mol. The average molecular weight is 265 g/mol. The predicted octanol–water partition coefficient (Wildman–Crippen LogP) is 2.79. The maximum atomic E-state index is 11.2. The summed E-state index contributed by atoms with van der Waals surface area (Å²) in [5, 5.41) is 0. The Morgan fingerprint density at radius 3 is 2.56 bits per heavy atom. The van der Waals surface area contributed by atoms with E-state index in [1.807, 2.05) is 18.2 Å². The van der Waals surface area contributed by atoms with E-state index in [1.54, 1.807) is 6.26 Å². The predicted molar refractivity (Wildman–Crippen MR) is 81.1 cm³/mol. The molecule has 100 valence electrons. The largest absolute Gasteiger partial charge is 0.299 e. The third-order valence-electron chi connectivity index (χ3n) is 2.94. The van der Waals surface area contributed by atoms with Crippen molar-refractivity contribution >= 4 is 16.9 Å². The molecule has 0 radical (unpaired) electrons. The molecule has 0 aliphatic heterocycles. The van der Waals surface area contributed by atoms with Gasteiger partial charge in [-0.1, -0.05) is 42.0 Å². The highest BCUT2D eigenvalue weighted by Gasteiger charge is 2.10. The van der Waals surface area contributed by atoms with Gasteiger partial charge in [0, 0.05) is 35.4 Å². The van der Waals surface area contributed by atoms with Crippen LogP contribution in [0.2, 0.25) is 0 Å². The van der Waals surface area contributed by atoms with Gasteiger partial charge in [-0.15, -0.1) is 0 Å². The Balaban J connectivity index is 2.56. The standard InChI is InChI=1S/C15H23NOS/c1-13(10-15-8-6-5-7-9-15)11-16(3)14(2)12-18(4)17/h5-10,14H,11-12H2,1-4H3/b13-10+/t14-,18-/m0/s1. The van der Waals surface area contributed by atoms with E-state index in [1.165, 1.54) is 11.1 Å². The van der Waals surface area contributed by atoms with Crippen molar-refractivity contribution in [2.75, 3.05) is 25.6 Å². The molecule has 0 aliphatic rings. The first kappa shape index (κ1) is 15.1. The van der Waals surface area contributed by atoms with Gasteiger partial charge in [0.05, 0.1) is 0 Å². The number of hydrogen-bond acceptors (Lipinski definition) is 2. The van der Waals surface area contributed by atoms with Crippen LogP contribution in [-0.2, 0) is 10.8 Å². The fourth-order valence-corrected chi connectivity index (χ4v) is 2.83. The van der Waals surface area contributed by atoms with Gasteiger partial charge >= 0.3 is 0 Å². The topological polar surface area (TPSA) is 20.3 Å². The SMILES string of the molecule is C/C(=C\c1ccccc1)CN(C)[C@@H](C)C[S@](C)=O. The zero-order chi connectivity index (χ0) is 13.5. The lowest BCUT2D eigenvalue weighted by molar-refractivity contribution is 0.300. The Labute approximate surface area is 113 Å². The molecule has 0 amide bonds. The number of hydrogen-bond donors (Lipinski definition) is 0. The molecule has 0 saturated heterocycles. The van der Waals surface area contributed by atoms with Crippen molar-refractivity contribution in [3.63, 3.8) is 0 Å². The van der Waals surface area contributed by atoms with Gasteiger partial charge in [0.25, 0.3) is 0 Å². The Kier molecular flexibility index (Phi) is 6.30. The van der Waals surface area contributed by atoms with Crippen LogP contribution in [0.3, 0.4) is 0 Å². The van der Waals surface area contributed by atoms with Crippen molar-refractivity contribution < 1.29 is 4.21 Å². The van der Waals surface area contributed by atoms with Gasteiger partial charge in [0.1, 0.15) is 0 Å². The van der Waals surface area contributed by atoms with Crippen LogP contribution in [0, 0.1) is 0 Å². The summed E-state index contributed by atoms with van der Waals surface area (Å²) in [4.78, 5) is 2.25. The maximum absolute atomic E-state index is 11.2. The molecule has 18 heavy (non-hydrogen) atoms. The van der Waals surface area contributed by atoms with Gasteiger partial charge in [-0.25, -0.2) is 0 Å². The summed E-state index contributed by atoms with van der Waals surface area (Å²) < 4.78 is 11.2. The molecule has 0 bridgehead atoms. The zero-order valence-electron chi connectivity index (χ0n) is 11.7. The van der Waals surface area contributed by atoms with Gasteiger partial charge in [-0.05, 0) is 26.5 Å². The molecule has 0 saturated carbocycles. The van der Waals surface area contributed by atoms with Crippen molar-refractivity contribution in [3.8, 4) is 0 Å². The molecule has 0 N–H and O–H groups in total.